The number of piperidine rings is 1. The average molecular weight is 505 g/mol. The number of carbonyl (C=O) groups excluding carboxylic acids is 1. The van der Waals surface area contributed by atoms with Crippen molar-refractivity contribution in [3.8, 4) is 0 Å². The molecule has 0 aromatic heterocycles. The van der Waals surface area contributed by atoms with Gasteiger partial charge in [0.1, 0.15) is 5.82 Å². The van der Waals surface area contributed by atoms with Gasteiger partial charge in [-0.15, -0.1) is 0 Å². The van der Waals surface area contributed by atoms with Crippen molar-refractivity contribution in [1.29, 1.82) is 0 Å². The van der Waals surface area contributed by atoms with Crippen LogP contribution in [0.15, 0.2) is 66.7 Å². The fraction of sp³-hybridized carbons (Fsp3) is 0.452. The van der Waals surface area contributed by atoms with Crippen LogP contribution >= 0.6 is 0 Å². The molecule has 2 saturated heterocycles. The molecule has 2 heterocycles. The van der Waals surface area contributed by atoms with Gasteiger partial charge in [-0.1, -0.05) is 48.5 Å². The number of carbonyl (C=O) groups is 1. The fourth-order valence-corrected chi connectivity index (χ4v) is 6.30. The molecule has 0 aliphatic carbocycles. The summed E-state index contributed by atoms with van der Waals surface area (Å²) in [6, 6.07) is 20.7. The molecule has 0 spiro atoms. The van der Waals surface area contributed by atoms with Crippen molar-refractivity contribution in [1.82, 2.24) is 9.80 Å². The highest BCUT2D eigenvalue weighted by Crippen LogP contribution is 2.34. The van der Waals surface area contributed by atoms with Gasteiger partial charge < -0.3 is 20.0 Å². The van der Waals surface area contributed by atoms with Crippen LogP contribution in [0.4, 0.5) is 4.39 Å². The van der Waals surface area contributed by atoms with Crippen molar-refractivity contribution in [2.75, 3.05) is 39.3 Å². The first kappa shape index (κ1) is 25.8. The van der Waals surface area contributed by atoms with Crippen LogP contribution in [0, 0.1) is 17.7 Å². The summed E-state index contributed by atoms with van der Waals surface area (Å²) in [5, 5.41) is 22.3. The Labute approximate surface area is 218 Å². The smallest absolute Gasteiger partial charge is 0.254 e. The molecule has 6 heteroatoms. The number of hydrogen-bond acceptors (Lipinski definition) is 4. The Bertz CT molecular complexity index is 1190. The molecular formula is C31H37FN2O3. The Morgan fingerprint density at radius 3 is 2.46 bits per heavy atom. The minimum Gasteiger partial charge on any atom is -0.396 e. The van der Waals surface area contributed by atoms with Gasteiger partial charge in [-0.05, 0) is 85.1 Å². The lowest BCUT2D eigenvalue weighted by Crippen LogP contribution is -2.40. The monoisotopic (exact) mass is 504 g/mol. The Hall–Kier alpha value is -2.80. The number of halogens is 1. The number of amides is 1. The third-order valence-electron chi connectivity index (χ3n) is 8.37. The summed E-state index contributed by atoms with van der Waals surface area (Å²) in [7, 11) is 0. The molecule has 0 bridgehead atoms. The summed E-state index contributed by atoms with van der Waals surface area (Å²) < 4.78 is 13.3. The second-order valence-corrected chi connectivity index (χ2v) is 10.7. The maximum Gasteiger partial charge on any atom is 0.254 e. The van der Waals surface area contributed by atoms with Crippen molar-refractivity contribution < 1.29 is 19.4 Å². The average Bonchev–Trinajstić information content (AvgIpc) is 3.35. The molecule has 3 aromatic carbocycles. The normalized spacial score (nSPS) is 22.0. The van der Waals surface area contributed by atoms with E-state index in [1.165, 1.54) is 5.56 Å². The Morgan fingerprint density at radius 2 is 1.70 bits per heavy atom. The summed E-state index contributed by atoms with van der Waals surface area (Å²) in [6.45, 7) is 3.97. The van der Waals surface area contributed by atoms with E-state index in [1.807, 2.05) is 59.5 Å². The zero-order valence-electron chi connectivity index (χ0n) is 21.3. The van der Waals surface area contributed by atoms with Gasteiger partial charge in [0.15, 0.2) is 0 Å². The maximum atomic E-state index is 13.7. The number of benzene rings is 3. The van der Waals surface area contributed by atoms with Crippen LogP contribution < -0.4 is 0 Å². The van der Waals surface area contributed by atoms with Crippen molar-refractivity contribution in [3.05, 3.63) is 83.7 Å². The molecule has 2 fully saturated rings. The van der Waals surface area contributed by atoms with Crippen LogP contribution in [0.1, 0.15) is 47.5 Å². The van der Waals surface area contributed by atoms with Gasteiger partial charge in [-0.3, -0.25) is 4.79 Å². The lowest BCUT2D eigenvalue weighted by Gasteiger charge is -2.35. The predicted molar refractivity (Wildman–Crippen MR) is 144 cm³/mol. The van der Waals surface area contributed by atoms with Crippen molar-refractivity contribution in [2.45, 2.75) is 37.7 Å². The van der Waals surface area contributed by atoms with Crippen molar-refractivity contribution in [2.24, 2.45) is 11.8 Å². The number of likely N-dealkylation sites (tertiary alicyclic amines) is 2. The minimum atomic E-state index is -0.542. The van der Waals surface area contributed by atoms with Crippen LogP contribution in [0.25, 0.3) is 10.8 Å². The molecule has 0 saturated carbocycles. The minimum absolute atomic E-state index is 0.0136. The molecule has 2 aliphatic heterocycles. The molecule has 2 unspecified atom stereocenters. The molecule has 5 nitrogen and oxygen atoms in total. The van der Waals surface area contributed by atoms with E-state index in [4.69, 9.17) is 0 Å². The summed E-state index contributed by atoms with van der Waals surface area (Å²) in [6.07, 6.45) is 2.61. The summed E-state index contributed by atoms with van der Waals surface area (Å²) in [4.78, 5) is 18.1. The maximum absolute atomic E-state index is 13.7. The second kappa shape index (κ2) is 11.7. The van der Waals surface area contributed by atoms with Crippen molar-refractivity contribution in [3.63, 3.8) is 0 Å². The van der Waals surface area contributed by atoms with Gasteiger partial charge in [0.2, 0.25) is 0 Å². The quantitative estimate of drug-likeness (QED) is 0.468. The van der Waals surface area contributed by atoms with E-state index in [2.05, 4.69) is 4.90 Å². The molecule has 3 aromatic rings. The van der Waals surface area contributed by atoms with E-state index >= 15 is 0 Å². The zero-order valence-corrected chi connectivity index (χ0v) is 21.3. The number of hydrogen-bond donors (Lipinski definition) is 2. The van der Waals surface area contributed by atoms with Gasteiger partial charge in [0.05, 0.1) is 6.10 Å². The fourth-order valence-electron chi connectivity index (χ4n) is 6.30. The molecule has 2 aliphatic rings. The highest BCUT2D eigenvalue weighted by Gasteiger charge is 2.40. The van der Waals surface area contributed by atoms with Gasteiger partial charge in [-0.2, -0.15) is 0 Å². The first-order chi connectivity index (χ1) is 18.0. The van der Waals surface area contributed by atoms with E-state index in [9.17, 15) is 19.4 Å². The van der Waals surface area contributed by atoms with Crippen LogP contribution in [-0.4, -0.2) is 71.4 Å². The SMILES string of the molecule is O=C(c1cccc2ccccc12)N1CC(CN2CCC(c3ccc(F)cc3)CC2)C([C@H](O)CCCO)C1. The molecular weight excluding hydrogens is 467 g/mol. The molecule has 5 rings (SSSR count). The van der Waals surface area contributed by atoms with Crippen molar-refractivity contribution >= 4 is 16.7 Å². The largest absolute Gasteiger partial charge is 0.396 e. The second-order valence-electron chi connectivity index (χ2n) is 10.7. The Balaban J connectivity index is 1.27. The number of aliphatic hydroxyl groups is 2. The van der Waals surface area contributed by atoms with Crippen LogP contribution in [0.2, 0.25) is 0 Å². The topological polar surface area (TPSA) is 64.0 Å². The van der Waals surface area contributed by atoms with Gasteiger partial charge in [0.25, 0.3) is 5.91 Å². The van der Waals surface area contributed by atoms with Gasteiger partial charge in [0, 0.05) is 37.7 Å². The molecule has 2 N–H and O–H groups in total. The number of aliphatic hydroxyl groups excluding tert-OH is 2. The molecule has 1 amide bonds. The Morgan fingerprint density at radius 1 is 0.973 bits per heavy atom. The van der Waals surface area contributed by atoms with E-state index in [0.717, 1.165) is 43.2 Å². The lowest BCUT2D eigenvalue weighted by atomic mass is 9.86. The molecule has 37 heavy (non-hydrogen) atoms. The van der Waals surface area contributed by atoms with Crippen LogP contribution in [0.5, 0.6) is 0 Å². The number of rotatable bonds is 8. The predicted octanol–water partition coefficient (Wildman–Crippen LogP) is 4.68. The molecule has 196 valence electrons. The van der Waals surface area contributed by atoms with Gasteiger partial charge in [-0.25, -0.2) is 4.39 Å². The third kappa shape index (κ3) is 5.87. The summed E-state index contributed by atoms with van der Waals surface area (Å²) in [5.74, 6) is 0.426. The van der Waals surface area contributed by atoms with Gasteiger partial charge >= 0.3 is 0 Å². The molecule has 3 atom stereocenters. The zero-order chi connectivity index (χ0) is 25.8. The number of nitrogens with zero attached hydrogens (tertiary/aromatic N) is 2. The standard InChI is InChI=1S/C31H37FN2O3/c32-26-12-10-22(11-13-26)23-14-16-33(17-15-23)19-25-20-34(21-29(25)30(36)9-4-18-35)31(37)28-8-3-6-24-5-1-2-7-27(24)28/h1-3,5-8,10-13,23,25,29-30,35-36H,4,9,14-21H2/t25?,29?,30-/m1/s1. The number of fused-ring (bicyclic) bond motifs is 1. The highest BCUT2D eigenvalue weighted by atomic mass is 19.1. The van der Waals surface area contributed by atoms with Crippen LogP contribution in [0.3, 0.4) is 0 Å². The third-order valence-corrected chi connectivity index (χ3v) is 8.37. The summed E-state index contributed by atoms with van der Waals surface area (Å²) in [5.41, 5.74) is 1.91. The van der Waals surface area contributed by atoms with E-state index in [1.54, 1.807) is 12.1 Å². The Kier molecular flexibility index (Phi) is 8.18. The first-order valence-electron chi connectivity index (χ1n) is 13.6. The van der Waals surface area contributed by atoms with E-state index in [0.29, 0.717) is 37.4 Å². The van der Waals surface area contributed by atoms with Crippen LogP contribution in [-0.2, 0) is 0 Å². The lowest BCUT2D eigenvalue weighted by molar-refractivity contribution is 0.0607. The van der Waals surface area contributed by atoms with E-state index < -0.39 is 6.10 Å². The van der Waals surface area contributed by atoms with E-state index in [-0.39, 0.29) is 30.2 Å². The molecule has 0 radical (unpaired) electrons. The summed E-state index contributed by atoms with van der Waals surface area (Å²) >= 11 is 0. The first-order valence-corrected chi connectivity index (χ1v) is 13.6. The highest BCUT2D eigenvalue weighted by molar-refractivity contribution is 6.07.